The lowest BCUT2D eigenvalue weighted by atomic mass is 10.1. The zero-order valence-electron chi connectivity index (χ0n) is 9.97. The van der Waals surface area contributed by atoms with E-state index in [-0.39, 0.29) is 12.4 Å². The number of nitrogen functional groups attached to an aromatic ring is 1. The summed E-state index contributed by atoms with van der Waals surface area (Å²) in [5.41, 5.74) is 7.03. The van der Waals surface area contributed by atoms with Gasteiger partial charge in [-0.2, -0.15) is 0 Å². The maximum absolute atomic E-state index is 10.1. The summed E-state index contributed by atoms with van der Waals surface area (Å²) >= 11 is 0. The molecule has 4 N–H and O–H groups in total. The molecule has 0 radical (unpaired) electrons. The minimum atomic E-state index is -0.939. The molecular formula is C11H13N5O3. The number of rotatable bonds is 2. The van der Waals surface area contributed by atoms with E-state index in [0.717, 1.165) is 0 Å². The topological polar surface area (TPSA) is 119 Å². The molecule has 8 nitrogen and oxygen atoms in total. The number of hydrogen-bond donors (Lipinski definition) is 3. The molecule has 1 saturated heterocycles. The molecule has 8 heteroatoms. The van der Waals surface area contributed by atoms with E-state index in [1.54, 1.807) is 4.57 Å². The van der Waals surface area contributed by atoms with Crippen molar-refractivity contribution < 1.29 is 14.9 Å². The van der Waals surface area contributed by atoms with Crippen molar-refractivity contribution in [2.75, 3.05) is 12.3 Å². The van der Waals surface area contributed by atoms with Crippen LogP contribution in [0.3, 0.4) is 0 Å². The van der Waals surface area contributed by atoms with Crippen LogP contribution in [0.4, 0.5) is 5.82 Å². The number of aromatic nitrogens is 4. The number of ether oxygens (including phenoxy) is 1. The van der Waals surface area contributed by atoms with E-state index in [2.05, 4.69) is 21.5 Å². The number of aliphatic hydroxyl groups is 2. The van der Waals surface area contributed by atoms with Gasteiger partial charge in [0.15, 0.2) is 17.7 Å². The highest BCUT2D eigenvalue weighted by Gasteiger charge is 2.39. The van der Waals surface area contributed by atoms with Crippen LogP contribution in [0.1, 0.15) is 6.23 Å². The summed E-state index contributed by atoms with van der Waals surface area (Å²) in [6.07, 6.45) is 0.512. The van der Waals surface area contributed by atoms with Gasteiger partial charge in [-0.1, -0.05) is 6.58 Å². The highest BCUT2D eigenvalue weighted by Crippen LogP contribution is 2.34. The van der Waals surface area contributed by atoms with Gasteiger partial charge in [-0.15, -0.1) is 0 Å². The molecule has 1 fully saturated rings. The fourth-order valence-corrected chi connectivity index (χ4v) is 2.14. The van der Waals surface area contributed by atoms with Gasteiger partial charge >= 0.3 is 0 Å². The Kier molecular flexibility index (Phi) is 2.70. The van der Waals surface area contributed by atoms with Gasteiger partial charge in [0.05, 0.1) is 12.9 Å². The predicted molar refractivity (Wildman–Crippen MR) is 65.9 cm³/mol. The number of fused-ring (bicyclic) bond motifs is 1. The lowest BCUT2D eigenvalue weighted by Crippen LogP contribution is -2.20. The Hall–Kier alpha value is -2.03. The zero-order chi connectivity index (χ0) is 13.6. The second-order valence-electron chi connectivity index (χ2n) is 4.30. The quantitative estimate of drug-likeness (QED) is 0.608. The summed E-state index contributed by atoms with van der Waals surface area (Å²) in [6.45, 7) is 3.48. The summed E-state index contributed by atoms with van der Waals surface area (Å²) in [7, 11) is 0. The number of hydrogen-bond acceptors (Lipinski definition) is 7. The van der Waals surface area contributed by atoms with Crippen LogP contribution in [0, 0.1) is 0 Å². The van der Waals surface area contributed by atoms with Crippen molar-refractivity contribution in [3.63, 3.8) is 0 Å². The minimum Gasteiger partial charge on any atom is -0.393 e. The Bertz CT molecular complexity index is 640. The van der Waals surface area contributed by atoms with Crippen LogP contribution in [0.15, 0.2) is 24.8 Å². The molecule has 1 unspecified atom stereocenters. The van der Waals surface area contributed by atoms with Gasteiger partial charge in [0.1, 0.15) is 24.1 Å². The smallest absolute Gasteiger partial charge is 0.167 e. The Balaban J connectivity index is 2.06. The molecule has 0 amide bonds. The number of aliphatic hydroxyl groups excluding tert-OH is 2. The van der Waals surface area contributed by atoms with Crippen LogP contribution >= 0.6 is 0 Å². The van der Waals surface area contributed by atoms with Gasteiger partial charge in [-0.3, -0.25) is 4.57 Å². The Morgan fingerprint density at radius 3 is 2.89 bits per heavy atom. The number of nitrogens with zero attached hydrogens (tertiary/aromatic N) is 4. The number of nitrogens with two attached hydrogens (primary N) is 1. The lowest BCUT2D eigenvalue weighted by molar-refractivity contribution is -0.0483. The molecule has 2 aromatic heterocycles. The number of imidazole rings is 1. The van der Waals surface area contributed by atoms with Crippen LogP contribution in [-0.2, 0) is 4.74 Å². The second-order valence-corrected chi connectivity index (χ2v) is 4.30. The minimum absolute atomic E-state index is 0.240. The van der Waals surface area contributed by atoms with E-state index in [1.807, 2.05) is 0 Å². The van der Waals surface area contributed by atoms with E-state index in [1.165, 1.54) is 12.7 Å². The SMILES string of the molecule is C=C1[C@H](CO)OC(n2cnc3c(N)ncnc32)[C@@H]1O. The molecule has 3 rings (SSSR count). The molecule has 0 saturated carbocycles. The van der Waals surface area contributed by atoms with Gasteiger partial charge in [0.2, 0.25) is 0 Å². The van der Waals surface area contributed by atoms with E-state index in [9.17, 15) is 5.11 Å². The van der Waals surface area contributed by atoms with Crippen molar-refractivity contribution in [2.24, 2.45) is 0 Å². The highest BCUT2D eigenvalue weighted by molar-refractivity contribution is 5.81. The van der Waals surface area contributed by atoms with Crippen molar-refractivity contribution in [3.8, 4) is 0 Å². The van der Waals surface area contributed by atoms with Crippen LogP contribution in [-0.4, -0.2) is 48.5 Å². The average molecular weight is 263 g/mol. The summed E-state index contributed by atoms with van der Waals surface area (Å²) in [6, 6.07) is 0. The van der Waals surface area contributed by atoms with Crippen molar-refractivity contribution in [3.05, 3.63) is 24.8 Å². The molecule has 100 valence electrons. The molecular weight excluding hydrogens is 250 g/mol. The van der Waals surface area contributed by atoms with Gasteiger partial charge in [-0.05, 0) is 5.57 Å². The van der Waals surface area contributed by atoms with Crippen LogP contribution < -0.4 is 5.73 Å². The summed E-state index contributed by atoms with van der Waals surface area (Å²) in [5, 5.41) is 19.3. The summed E-state index contributed by atoms with van der Waals surface area (Å²) in [5.74, 6) is 0.258. The third kappa shape index (κ3) is 1.69. The maximum Gasteiger partial charge on any atom is 0.167 e. The van der Waals surface area contributed by atoms with Crippen LogP contribution in [0.2, 0.25) is 0 Å². The third-order valence-corrected chi connectivity index (χ3v) is 3.19. The molecule has 19 heavy (non-hydrogen) atoms. The molecule has 0 bridgehead atoms. The van der Waals surface area contributed by atoms with Crippen molar-refractivity contribution >= 4 is 17.0 Å². The van der Waals surface area contributed by atoms with Crippen molar-refractivity contribution in [1.29, 1.82) is 0 Å². The first kappa shape index (κ1) is 12.0. The molecule has 3 atom stereocenters. The van der Waals surface area contributed by atoms with Gasteiger partial charge in [0.25, 0.3) is 0 Å². The summed E-state index contributed by atoms with van der Waals surface area (Å²) < 4.78 is 7.10. The van der Waals surface area contributed by atoms with E-state index < -0.39 is 18.4 Å². The Morgan fingerprint density at radius 2 is 2.21 bits per heavy atom. The molecule has 1 aliphatic rings. The third-order valence-electron chi connectivity index (χ3n) is 3.19. The maximum atomic E-state index is 10.1. The van der Waals surface area contributed by atoms with E-state index in [0.29, 0.717) is 16.7 Å². The number of anilines is 1. The summed E-state index contributed by atoms with van der Waals surface area (Å²) in [4.78, 5) is 12.0. The largest absolute Gasteiger partial charge is 0.393 e. The standard InChI is InChI=1S/C11H13N5O3/c1-5-6(2-17)19-11(8(5)18)16-4-15-7-9(12)13-3-14-10(7)16/h3-4,6,8,11,17-18H,1-2H2,(H2,12,13,14)/t6-,8+,11?/m0/s1. The molecule has 1 aliphatic heterocycles. The molecule has 0 aromatic carbocycles. The van der Waals surface area contributed by atoms with Gasteiger partial charge in [-0.25, -0.2) is 15.0 Å². The first-order chi connectivity index (χ1) is 9.13. The van der Waals surface area contributed by atoms with Crippen molar-refractivity contribution in [1.82, 2.24) is 19.5 Å². The molecule has 2 aromatic rings. The van der Waals surface area contributed by atoms with Crippen molar-refractivity contribution in [2.45, 2.75) is 18.4 Å². The lowest BCUT2D eigenvalue weighted by Gasteiger charge is -2.15. The first-order valence-corrected chi connectivity index (χ1v) is 5.69. The average Bonchev–Trinajstić information content (AvgIpc) is 2.94. The fraction of sp³-hybridized carbons (Fsp3) is 0.364. The molecule has 3 heterocycles. The van der Waals surface area contributed by atoms with Crippen LogP contribution in [0.25, 0.3) is 11.2 Å². The van der Waals surface area contributed by atoms with E-state index >= 15 is 0 Å². The molecule has 0 spiro atoms. The highest BCUT2D eigenvalue weighted by atomic mass is 16.5. The second kappa shape index (κ2) is 4.26. The predicted octanol–water partition coefficient (Wildman–Crippen LogP) is -0.785. The zero-order valence-corrected chi connectivity index (χ0v) is 9.97. The monoisotopic (exact) mass is 263 g/mol. The normalized spacial score (nSPS) is 27.3. The Labute approximate surface area is 108 Å². The first-order valence-electron chi connectivity index (χ1n) is 5.69. The fourth-order valence-electron chi connectivity index (χ4n) is 2.14. The van der Waals surface area contributed by atoms with Gasteiger partial charge in [0, 0.05) is 0 Å². The Morgan fingerprint density at radius 1 is 1.42 bits per heavy atom. The van der Waals surface area contributed by atoms with E-state index in [4.69, 9.17) is 15.6 Å². The van der Waals surface area contributed by atoms with Gasteiger partial charge < -0.3 is 20.7 Å². The van der Waals surface area contributed by atoms with Crippen LogP contribution in [0.5, 0.6) is 0 Å². The molecule has 0 aliphatic carbocycles.